The molecule has 4 saturated carbocycles. The van der Waals surface area contributed by atoms with Crippen molar-refractivity contribution in [1.82, 2.24) is 5.32 Å². The highest BCUT2D eigenvalue weighted by atomic mass is 16.7. The fraction of sp³-hybridized carbons (Fsp3) is 0.923. The first-order valence-electron chi connectivity index (χ1n) is 25.3. The molecule has 13 atom stereocenters. The Hall–Kier alpha value is -1.52. The molecule has 350 valence electrons. The highest BCUT2D eigenvalue weighted by Crippen LogP contribution is 2.76. The van der Waals surface area contributed by atoms with Gasteiger partial charge in [0.15, 0.2) is 6.29 Å². The van der Waals surface area contributed by atoms with Crippen molar-refractivity contribution in [1.29, 1.82) is 0 Å². The highest BCUT2D eigenvalue weighted by Gasteiger charge is 2.69. The fourth-order valence-corrected chi connectivity index (χ4v) is 14.9. The van der Waals surface area contributed by atoms with Crippen LogP contribution in [0.2, 0.25) is 0 Å². The summed E-state index contributed by atoms with van der Waals surface area (Å²) in [4.78, 5) is 26.5. The molecular weight excluding hydrogens is 767 g/mol. The fourth-order valence-electron chi connectivity index (χ4n) is 14.9. The molecule has 6 aliphatic rings. The van der Waals surface area contributed by atoms with Crippen LogP contribution in [-0.2, 0) is 19.1 Å². The summed E-state index contributed by atoms with van der Waals surface area (Å²) in [5.41, 5.74) is 0.694. The van der Waals surface area contributed by atoms with Crippen molar-refractivity contribution in [2.75, 3.05) is 6.61 Å². The van der Waals surface area contributed by atoms with Crippen LogP contribution in [0.15, 0.2) is 11.6 Å². The predicted molar refractivity (Wildman–Crippen MR) is 242 cm³/mol. The van der Waals surface area contributed by atoms with Gasteiger partial charge in [-0.1, -0.05) is 144 Å². The number of rotatable bonds is 19. The van der Waals surface area contributed by atoms with Crippen molar-refractivity contribution in [2.24, 2.45) is 50.2 Å². The number of carboxylic acid groups (broad SMARTS) is 1. The molecule has 9 heteroatoms. The van der Waals surface area contributed by atoms with Crippen LogP contribution in [0.3, 0.4) is 0 Å². The van der Waals surface area contributed by atoms with Crippen molar-refractivity contribution in [3.63, 3.8) is 0 Å². The SMILES string of the molecule is CCCCCCCCCCCCCCCC(=O)N[C@H]1[C@H](O[C@H]2CC[C@]3(C)[C@H]4CC=C5[C@@H]6CC(C)(C)CC[C@]6(C(=O)O)CC[C@@]5(C)[C@]4(C)CC[C@H]3C2(C)C)O[C@H](CO)[C@@H](O)[C@@H]1O. The van der Waals surface area contributed by atoms with Crippen LogP contribution in [0.25, 0.3) is 0 Å². The number of carboxylic acids is 1. The number of unbranched alkanes of at least 4 members (excludes halogenated alkanes) is 12. The van der Waals surface area contributed by atoms with E-state index < -0.39 is 48.6 Å². The van der Waals surface area contributed by atoms with Crippen LogP contribution in [-0.4, -0.2) is 75.7 Å². The molecule has 1 saturated heterocycles. The van der Waals surface area contributed by atoms with E-state index in [9.17, 15) is 30.0 Å². The maximum absolute atomic E-state index is 13.4. The van der Waals surface area contributed by atoms with E-state index in [4.69, 9.17) is 9.47 Å². The maximum Gasteiger partial charge on any atom is 0.310 e. The lowest BCUT2D eigenvalue weighted by molar-refractivity contribution is -0.306. The lowest BCUT2D eigenvalue weighted by Gasteiger charge is -2.71. The molecule has 0 radical (unpaired) electrons. The van der Waals surface area contributed by atoms with Crippen LogP contribution in [0.5, 0.6) is 0 Å². The minimum absolute atomic E-state index is 0.0346. The van der Waals surface area contributed by atoms with Crippen LogP contribution in [0.1, 0.15) is 209 Å². The largest absolute Gasteiger partial charge is 0.481 e. The molecule has 5 N–H and O–H groups in total. The van der Waals surface area contributed by atoms with E-state index >= 15 is 0 Å². The molecule has 0 aromatic carbocycles. The standard InChI is InChI=1S/C52H89NO8/c1-9-10-11-12-13-14-15-16-17-18-19-20-21-22-41(55)53-42-44(57)43(56)37(34-54)60-45(42)61-40-26-27-49(6)38(48(40,4)5)25-28-51(8)39(49)24-23-35-36-33-47(2,3)29-31-52(36,46(58)59)32-30-50(35,51)7/h23,36-40,42-45,54,56-57H,9-22,24-34H2,1-8H3,(H,53,55)(H,58,59)/t36-,37+,38-,39+,40-,42+,43+,44+,45-,49-,50+,51+,52-/m0/s1. The monoisotopic (exact) mass is 856 g/mol. The average molecular weight is 856 g/mol. The van der Waals surface area contributed by atoms with Crippen LogP contribution in [0, 0.1) is 50.2 Å². The molecule has 0 aromatic heterocycles. The number of carbonyl (C=O) groups is 2. The summed E-state index contributed by atoms with van der Waals surface area (Å²) in [5, 5.41) is 46.2. The molecule has 6 rings (SSSR count). The minimum atomic E-state index is -1.35. The highest BCUT2D eigenvalue weighted by molar-refractivity contribution is 5.77. The summed E-state index contributed by atoms with van der Waals surface area (Å²) in [7, 11) is 0. The van der Waals surface area contributed by atoms with Gasteiger partial charge >= 0.3 is 5.97 Å². The van der Waals surface area contributed by atoms with Gasteiger partial charge < -0.3 is 35.2 Å². The van der Waals surface area contributed by atoms with Gasteiger partial charge in [-0.3, -0.25) is 9.59 Å². The molecule has 1 heterocycles. The molecular formula is C52H89NO8. The molecule has 0 unspecified atom stereocenters. The van der Waals surface area contributed by atoms with Crippen molar-refractivity contribution < 1.29 is 39.5 Å². The topological polar surface area (TPSA) is 146 Å². The molecule has 0 aromatic rings. The lowest BCUT2D eigenvalue weighted by atomic mass is 9.33. The Balaban J connectivity index is 1.08. The first-order chi connectivity index (χ1) is 28.8. The Morgan fingerprint density at radius 1 is 0.770 bits per heavy atom. The summed E-state index contributed by atoms with van der Waals surface area (Å²) in [6, 6.07) is -0.957. The number of amides is 1. The van der Waals surface area contributed by atoms with Gasteiger partial charge in [0.05, 0.1) is 18.1 Å². The summed E-state index contributed by atoms with van der Waals surface area (Å²) >= 11 is 0. The maximum atomic E-state index is 13.4. The number of aliphatic hydroxyl groups excluding tert-OH is 3. The number of nitrogens with one attached hydrogen (secondary N) is 1. The van der Waals surface area contributed by atoms with E-state index in [1.807, 2.05) is 0 Å². The van der Waals surface area contributed by atoms with E-state index in [2.05, 4.69) is 66.8 Å². The summed E-state index contributed by atoms with van der Waals surface area (Å²) in [6.07, 6.45) is 23.2. The van der Waals surface area contributed by atoms with E-state index in [1.54, 1.807) is 0 Å². The smallest absolute Gasteiger partial charge is 0.310 e. The Kier molecular flexibility index (Phi) is 15.7. The lowest BCUT2D eigenvalue weighted by Crippen LogP contribution is -2.67. The van der Waals surface area contributed by atoms with Crippen molar-refractivity contribution >= 4 is 11.9 Å². The van der Waals surface area contributed by atoms with Crippen molar-refractivity contribution in [3.8, 4) is 0 Å². The Morgan fingerprint density at radius 3 is 1.98 bits per heavy atom. The Bertz CT molecular complexity index is 1530. The molecule has 9 nitrogen and oxygen atoms in total. The van der Waals surface area contributed by atoms with Crippen LogP contribution < -0.4 is 5.32 Å². The van der Waals surface area contributed by atoms with Gasteiger partial charge in [0.2, 0.25) is 5.91 Å². The minimum Gasteiger partial charge on any atom is -0.481 e. The second-order valence-electron chi connectivity index (χ2n) is 23.5. The third-order valence-electron chi connectivity index (χ3n) is 19.0. The van der Waals surface area contributed by atoms with E-state index in [-0.39, 0.29) is 45.0 Å². The molecule has 0 bridgehead atoms. The number of ether oxygens (including phenoxy) is 2. The van der Waals surface area contributed by atoms with Gasteiger partial charge in [-0.25, -0.2) is 0 Å². The third kappa shape index (κ3) is 9.45. The molecule has 5 aliphatic carbocycles. The van der Waals surface area contributed by atoms with E-state index in [0.717, 1.165) is 83.5 Å². The van der Waals surface area contributed by atoms with Crippen LogP contribution in [0.4, 0.5) is 0 Å². The van der Waals surface area contributed by atoms with Crippen LogP contribution >= 0.6 is 0 Å². The van der Waals surface area contributed by atoms with E-state index in [0.29, 0.717) is 18.3 Å². The quantitative estimate of drug-likeness (QED) is 0.0490. The second-order valence-corrected chi connectivity index (χ2v) is 23.5. The average Bonchev–Trinajstić information content (AvgIpc) is 3.20. The number of aliphatic carboxylic acids is 1. The number of fused-ring (bicyclic) bond motifs is 7. The Morgan fingerprint density at radius 2 is 1.38 bits per heavy atom. The molecule has 0 spiro atoms. The predicted octanol–water partition coefficient (Wildman–Crippen LogP) is 10.7. The number of aliphatic hydroxyl groups is 3. The molecule has 61 heavy (non-hydrogen) atoms. The number of hydrogen-bond donors (Lipinski definition) is 5. The van der Waals surface area contributed by atoms with E-state index in [1.165, 1.54) is 69.8 Å². The van der Waals surface area contributed by atoms with Gasteiger partial charge in [0.1, 0.15) is 24.4 Å². The van der Waals surface area contributed by atoms with Crippen molar-refractivity contribution in [2.45, 2.75) is 246 Å². The zero-order valence-corrected chi connectivity index (χ0v) is 39.9. The normalized spacial score (nSPS) is 41.4. The molecule has 1 aliphatic heterocycles. The van der Waals surface area contributed by atoms with Gasteiger partial charge in [-0.05, 0) is 115 Å². The summed E-state index contributed by atoms with van der Waals surface area (Å²) < 4.78 is 13.1. The van der Waals surface area contributed by atoms with Gasteiger partial charge in [0, 0.05) is 6.42 Å². The molecule has 5 fully saturated rings. The van der Waals surface area contributed by atoms with Crippen molar-refractivity contribution in [3.05, 3.63) is 11.6 Å². The first-order valence-corrected chi connectivity index (χ1v) is 25.3. The number of carbonyl (C=O) groups excluding carboxylic acids is 1. The molecule has 1 amide bonds. The van der Waals surface area contributed by atoms with Gasteiger partial charge in [-0.2, -0.15) is 0 Å². The zero-order chi connectivity index (χ0) is 44.4. The van der Waals surface area contributed by atoms with Gasteiger partial charge in [0.25, 0.3) is 0 Å². The third-order valence-corrected chi connectivity index (χ3v) is 19.0. The Labute approximate surface area is 370 Å². The van der Waals surface area contributed by atoms with Gasteiger partial charge in [-0.15, -0.1) is 0 Å². The zero-order valence-electron chi connectivity index (χ0n) is 39.9. The second kappa shape index (κ2) is 19.5. The first kappa shape index (κ1) is 48.9. The summed E-state index contributed by atoms with van der Waals surface area (Å²) in [5.74, 6) is 0.109. The number of allylic oxidation sites excluding steroid dienone is 2. The number of hydrogen-bond acceptors (Lipinski definition) is 7. The summed E-state index contributed by atoms with van der Waals surface area (Å²) in [6.45, 7) is 18.7.